The Hall–Kier alpha value is -1.61. The van der Waals surface area contributed by atoms with Crippen LogP contribution in [0.25, 0.3) is 11.0 Å². The Kier molecular flexibility index (Phi) is 6.33. The van der Waals surface area contributed by atoms with E-state index in [2.05, 4.69) is 5.32 Å². The van der Waals surface area contributed by atoms with Crippen molar-refractivity contribution in [3.8, 4) is 0 Å². The average molecular weight is 403 g/mol. The van der Waals surface area contributed by atoms with Gasteiger partial charge in [0, 0.05) is 36.6 Å². The van der Waals surface area contributed by atoms with Crippen molar-refractivity contribution in [2.75, 3.05) is 26.2 Å². The van der Waals surface area contributed by atoms with Crippen LogP contribution in [-0.4, -0.2) is 51.0 Å². The Balaban J connectivity index is 0.00000243. The number of piperazine rings is 1. The number of esters is 1. The molecule has 1 aliphatic heterocycles. The number of carbonyl (C=O) groups is 1. The van der Waals surface area contributed by atoms with E-state index in [1.165, 1.54) is 10.4 Å². The van der Waals surface area contributed by atoms with Crippen LogP contribution in [0.3, 0.4) is 0 Å². The van der Waals surface area contributed by atoms with Crippen LogP contribution in [0.1, 0.15) is 30.0 Å². The molecule has 1 saturated heterocycles. The van der Waals surface area contributed by atoms with Gasteiger partial charge in [-0.05, 0) is 39.0 Å². The van der Waals surface area contributed by atoms with E-state index in [4.69, 9.17) is 9.15 Å². The number of rotatable bonds is 4. The first-order chi connectivity index (χ1) is 11.9. The van der Waals surface area contributed by atoms with Crippen LogP contribution in [0, 0.1) is 6.92 Å². The summed E-state index contributed by atoms with van der Waals surface area (Å²) >= 11 is 0. The van der Waals surface area contributed by atoms with Gasteiger partial charge in [-0.2, -0.15) is 4.31 Å². The lowest BCUT2D eigenvalue weighted by molar-refractivity contribution is 0.0491. The Labute approximate surface area is 159 Å². The minimum absolute atomic E-state index is 0. The molecule has 1 aromatic carbocycles. The fourth-order valence-corrected chi connectivity index (χ4v) is 4.72. The van der Waals surface area contributed by atoms with Gasteiger partial charge >= 0.3 is 5.97 Å². The molecule has 1 aromatic heterocycles. The first-order valence-electron chi connectivity index (χ1n) is 8.29. The summed E-state index contributed by atoms with van der Waals surface area (Å²) in [6, 6.07) is 4.56. The second-order valence-corrected chi connectivity index (χ2v) is 7.99. The maximum absolute atomic E-state index is 13.0. The molecule has 0 unspecified atom stereocenters. The fraction of sp³-hybridized carbons (Fsp3) is 0.471. The monoisotopic (exact) mass is 402 g/mol. The number of sulfonamides is 1. The van der Waals surface area contributed by atoms with Crippen molar-refractivity contribution in [2.24, 2.45) is 0 Å². The van der Waals surface area contributed by atoms with Crippen LogP contribution in [0.5, 0.6) is 0 Å². The number of furan rings is 1. The highest BCUT2D eigenvalue weighted by Crippen LogP contribution is 2.30. The average Bonchev–Trinajstić information content (AvgIpc) is 2.92. The minimum Gasteiger partial charge on any atom is -0.460 e. The number of hydrogen-bond acceptors (Lipinski definition) is 6. The van der Waals surface area contributed by atoms with Gasteiger partial charge in [0.05, 0.1) is 11.5 Å². The molecule has 3 rings (SSSR count). The predicted molar refractivity (Wildman–Crippen MR) is 100 cm³/mol. The van der Waals surface area contributed by atoms with Crippen LogP contribution in [0.15, 0.2) is 27.5 Å². The van der Waals surface area contributed by atoms with Gasteiger partial charge in [-0.3, -0.25) is 0 Å². The van der Waals surface area contributed by atoms with E-state index < -0.39 is 16.0 Å². The molecule has 1 fully saturated rings. The molecule has 144 valence electrons. The lowest BCUT2D eigenvalue weighted by Gasteiger charge is -2.32. The van der Waals surface area contributed by atoms with Crippen molar-refractivity contribution in [1.29, 1.82) is 0 Å². The summed E-state index contributed by atoms with van der Waals surface area (Å²) in [5, 5.41) is 3.79. The summed E-state index contributed by atoms with van der Waals surface area (Å²) < 4.78 is 38.0. The summed E-state index contributed by atoms with van der Waals surface area (Å²) in [7, 11) is -3.61. The third-order valence-electron chi connectivity index (χ3n) is 4.42. The van der Waals surface area contributed by atoms with Gasteiger partial charge in [0.2, 0.25) is 15.8 Å². The summed E-state index contributed by atoms with van der Waals surface area (Å²) in [6.07, 6.45) is 0. The maximum Gasteiger partial charge on any atom is 0.374 e. The van der Waals surface area contributed by atoms with Crippen LogP contribution >= 0.6 is 12.4 Å². The molecule has 1 N–H and O–H groups in total. The normalized spacial score (nSPS) is 18.5. The van der Waals surface area contributed by atoms with E-state index in [1.54, 1.807) is 26.0 Å². The predicted octanol–water partition coefficient (Wildman–Crippen LogP) is 2.32. The van der Waals surface area contributed by atoms with Crippen LogP contribution < -0.4 is 5.32 Å². The molecule has 0 amide bonds. The largest absolute Gasteiger partial charge is 0.460 e. The van der Waals surface area contributed by atoms with Crippen molar-refractivity contribution in [3.05, 3.63) is 29.5 Å². The number of aryl methyl sites for hydroxylation is 1. The number of fused-ring (bicyclic) bond motifs is 1. The molecule has 7 nitrogen and oxygen atoms in total. The highest BCUT2D eigenvalue weighted by Gasteiger charge is 2.31. The summed E-state index contributed by atoms with van der Waals surface area (Å²) in [5.74, 6) is -0.432. The molecule has 0 radical (unpaired) electrons. The second-order valence-electron chi connectivity index (χ2n) is 6.10. The smallest absolute Gasteiger partial charge is 0.374 e. The second kappa shape index (κ2) is 7.96. The van der Waals surface area contributed by atoms with Crippen molar-refractivity contribution >= 4 is 39.4 Å². The molecule has 0 bridgehead atoms. The number of hydrogen-bond donors (Lipinski definition) is 1. The highest BCUT2D eigenvalue weighted by atomic mass is 35.5. The molecule has 1 aliphatic rings. The number of ether oxygens (including phenoxy) is 1. The fourth-order valence-electron chi connectivity index (χ4n) is 3.07. The zero-order valence-electron chi connectivity index (χ0n) is 14.9. The number of nitrogens with one attached hydrogen (secondary N) is 1. The molecule has 0 aliphatic carbocycles. The zero-order chi connectivity index (χ0) is 18.2. The Morgan fingerprint density at radius 2 is 2.15 bits per heavy atom. The first-order valence-corrected chi connectivity index (χ1v) is 9.73. The lowest BCUT2D eigenvalue weighted by atomic mass is 10.1. The van der Waals surface area contributed by atoms with Gasteiger partial charge in [0.15, 0.2) is 0 Å². The third-order valence-corrected chi connectivity index (χ3v) is 6.42. The highest BCUT2D eigenvalue weighted by molar-refractivity contribution is 7.89. The quantitative estimate of drug-likeness (QED) is 0.789. The van der Waals surface area contributed by atoms with Gasteiger partial charge in [-0.1, -0.05) is 0 Å². The molecule has 2 aromatic rings. The Morgan fingerprint density at radius 1 is 1.42 bits per heavy atom. The van der Waals surface area contributed by atoms with E-state index in [-0.39, 0.29) is 35.7 Å². The first kappa shape index (κ1) is 20.7. The molecule has 0 saturated carbocycles. The number of carbonyl (C=O) groups excluding carboxylic acids is 1. The van der Waals surface area contributed by atoms with Crippen molar-refractivity contribution in [3.63, 3.8) is 0 Å². The molecule has 0 spiro atoms. The lowest BCUT2D eigenvalue weighted by Crippen LogP contribution is -2.52. The van der Waals surface area contributed by atoms with E-state index in [9.17, 15) is 13.2 Å². The van der Waals surface area contributed by atoms with Gasteiger partial charge in [-0.25, -0.2) is 13.2 Å². The summed E-state index contributed by atoms with van der Waals surface area (Å²) in [4.78, 5) is 12.2. The Bertz CT molecular complexity index is 909. The van der Waals surface area contributed by atoms with E-state index in [1.807, 2.05) is 6.92 Å². The molecular formula is C17H23ClN2O5S. The minimum atomic E-state index is -3.61. The molecule has 26 heavy (non-hydrogen) atoms. The summed E-state index contributed by atoms with van der Waals surface area (Å²) in [6.45, 7) is 7.25. The topological polar surface area (TPSA) is 88.8 Å². The van der Waals surface area contributed by atoms with Crippen LogP contribution in [0.4, 0.5) is 0 Å². The van der Waals surface area contributed by atoms with Crippen molar-refractivity contribution < 1.29 is 22.4 Å². The van der Waals surface area contributed by atoms with Gasteiger partial charge < -0.3 is 14.5 Å². The SMILES string of the molecule is CCOC(=O)c1oc2ccc(S(=O)(=O)N3CCNC[C@H]3C)cc2c1C.Cl. The molecule has 1 atom stereocenters. The van der Waals surface area contributed by atoms with E-state index in [0.29, 0.717) is 36.2 Å². The van der Waals surface area contributed by atoms with Crippen LogP contribution in [-0.2, 0) is 14.8 Å². The molecule has 9 heteroatoms. The third kappa shape index (κ3) is 3.59. The maximum atomic E-state index is 13.0. The Morgan fingerprint density at radius 3 is 2.81 bits per heavy atom. The molecule has 2 heterocycles. The van der Waals surface area contributed by atoms with Crippen LogP contribution in [0.2, 0.25) is 0 Å². The summed E-state index contributed by atoms with van der Waals surface area (Å²) in [5.41, 5.74) is 1.05. The number of benzene rings is 1. The van der Waals surface area contributed by atoms with E-state index in [0.717, 1.165) is 0 Å². The number of nitrogens with zero attached hydrogens (tertiary/aromatic N) is 1. The van der Waals surface area contributed by atoms with Gasteiger partial charge in [0.1, 0.15) is 5.58 Å². The molecular weight excluding hydrogens is 380 g/mol. The zero-order valence-corrected chi connectivity index (χ0v) is 16.6. The van der Waals surface area contributed by atoms with Gasteiger partial charge in [-0.15, -0.1) is 12.4 Å². The van der Waals surface area contributed by atoms with Gasteiger partial charge in [0.25, 0.3) is 0 Å². The standard InChI is InChI=1S/C17H22N2O5S.ClH/c1-4-23-17(20)16-12(3)14-9-13(5-6-15(14)24-16)25(21,22)19-8-7-18-10-11(19)2;/h5-6,9,11,18H,4,7-8,10H2,1-3H3;1H/t11-;/m1./s1. The van der Waals surface area contributed by atoms with Crippen molar-refractivity contribution in [2.45, 2.75) is 31.7 Å². The van der Waals surface area contributed by atoms with E-state index >= 15 is 0 Å². The van der Waals surface area contributed by atoms with Crippen molar-refractivity contribution in [1.82, 2.24) is 9.62 Å². The number of halogens is 1.